The second kappa shape index (κ2) is 12.5. The lowest BCUT2D eigenvalue weighted by atomic mass is 9.96. The fourth-order valence-electron chi connectivity index (χ4n) is 5.15. The molecule has 0 spiro atoms. The van der Waals surface area contributed by atoms with E-state index < -0.39 is 0 Å². The van der Waals surface area contributed by atoms with Gasteiger partial charge in [-0.25, -0.2) is 0 Å². The van der Waals surface area contributed by atoms with Crippen molar-refractivity contribution in [1.29, 1.82) is 0 Å². The van der Waals surface area contributed by atoms with Gasteiger partial charge in [-0.2, -0.15) is 0 Å². The van der Waals surface area contributed by atoms with Gasteiger partial charge in [-0.1, -0.05) is 43.3 Å². The van der Waals surface area contributed by atoms with Crippen LogP contribution in [0.5, 0.6) is 5.75 Å². The van der Waals surface area contributed by atoms with Crippen LogP contribution in [0.3, 0.4) is 0 Å². The van der Waals surface area contributed by atoms with Crippen LogP contribution in [0.25, 0.3) is 0 Å². The van der Waals surface area contributed by atoms with E-state index in [0.29, 0.717) is 30.1 Å². The molecule has 3 atom stereocenters. The van der Waals surface area contributed by atoms with Crippen LogP contribution in [0.4, 0.5) is 5.69 Å². The largest absolute Gasteiger partial charge is 0.486 e. The topological polar surface area (TPSA) is 94.1 Å². The number of hydrogen-bond donors (Lipinski definition) is 3. The molecule has 0 unspecified atom stereocenters. The van der Waals surface area contributed by atoms with Crippen molar-refractivity contribution in [2.75, 3.05) is 45.2 Å². The molecule has 0 radical (unpaired) electrons. The van der Waals surface area contributed by atoms with Crippen LogP contribution in [0.2, 0.25) is 0 Å². The first-order valence-corrected chi connectivity index (χ1v) is 13.3. The van der Waals surface area contributed by atoms with Crippen LogP contribution >= 0.6 is 0 Å². The van der Waals surface area contributed by atoms with Gasteiger partial charge in [0, 0.05) is 31.5 Å². The first kappa shape index (κ1) is 27.1. The summed E-state index contributed by atoms with van der Waals surface area (Å²) in [7, 11) is 2.06. The van der Waals surface area contributed by atoms with Crippen molar-refractivity contribution in [3.8, 4) is 5.75 Å². The number of nitrogens with one attached hydrogen (secondary N) is 2. The summed E-state index contributed by atoms with van der Waals surface area (Å²) in [6, 6.07) is 15.3. The normalized spacial score (nSPS) is 21.5. The van der Waals surface area contributed by atoms with E-state index in [1.165, 1.54) is 5.56 Å². The van der Waals surface area contributed by atoms with Crippen LogP contribution in [0, 0.1) is 11.8 Å². The molecular weight excluding hydrogens is 468 g/mol. The standard InChI is InChI=1S/C29H40N4O4/c1-20-16-33(21(2)19-34)29(36)24-10-7-11-25(31-28(35)23-12-14-30-15-13-23)27(24)37-26(20)18-32(3)17-22-8-5-4-6-9-22/h4-11,20-21,23,26,30,34H,12-19H2,1-3H3,(H,31,35)/t20-,21-,26+/m1/s1. The van der Waals surface area contributed by atoms with Crippen LogP contribution in [-0.2, 0) is 11.3 Å². The van der Waals surface area contributed by atoms with Crippen molar-refractivity contribution in [3.05, 3.63) is 59.7 Å². The fraction of sp³-hybridized carbons (Fsp3) is 0.517. The van der Waals surface area contributed by atoms with Gasteiger partial charge in [0.2, 0.25) is 5.91 Å². The molecule has 4 rings (SSSR count). The minimum absolute atomic E-state index is 0.00231. The summed E-state index contributed by atoms with van der Waals surface area (Å²) in [6.45, 7) is 7.32. The molecule has 0 bridgehead atoms. The fourth-order valence-corrected chi connectivity index (χ4v) is 5.15. The number of ether oxygens (including phenoxy) is 1. The Bertz CT molecular complexity index is 1060. The van der Waals surface area contributed by atoms with Crippen LogP contribution < -0.4 is 15.4 Å². The summed E-state index contributed by atoms with van der Waals surface area (Å²) in [4.78, 5) is 30.7. The van der Waals surface area contributed by atoms with Crippen molar-refractivity contribution in [1.82, 2.24) is 15.1 Å². The molecule has 0 aliphatic carbocycles. The molecule has 0 saturated carbocycles. The molecule has 8 heteroatoms. The second-order valence-electron chi connectivity index (χ2n) is 10.5. The minimum atomic E-state index is -0.336. The van der Waals surface area contributed by atoms with Gasteiger partial charge in [-0.3, -0.25) is 14.5 Å². The minimum Gasteiger partial charge on any atom is -0.486 e. The molecule has 37 heavy (non-hydrogen) atoms. The highest BCUT2D eigenvalue weighted by molar-refractivity contribution is 6.02. The number of likely N-dealkylation sites (N-methyl/N-ethyl adjacent to an activating group) is 1. The van der Waals surface area contributed by atoms with Crippen LogP contribution in [0.1, 0.15) is 42.6 Å². The molecule has 2 heterocycles. The van der Waals surface area contributed by atoms with Crippen molar-refractivity contribution >= 4 is 17.5 Å². The molecule has 1 fully saturated rings. The van der Waals surface area contributed by atoms with Gasteiger partial charge < -0.3 is 25.4 Å². The highest BCUT2D eigenvalue weighted by Gasteiger charge is 2.35. The number of para-hydroxylation sites is 1. The first-order valence-electron chi connectivity index (χ1n) is 13.3. The maximum atomic E-state index is 13.6. The van der Waals surface area contributed by atoms with Gasteiger partial charge in [0.25, 0.3) is 5.91 Å². The number of amides is 2. The summed E-state index contributed by atoms with van der Waals surface area (Å²) in [5.74, 6) is 0.0999. The molecular formula is C29H40N4O4. The summed E-state index contributed by atoms with van der Waals surface area (Å²) in [6.07, 6.45) is 1.34. The Labute approximate surface area is 220 Å². The van der Waals surface area contributed by atoms with Crippen molar-refractivity contribution in [3.63, 3.8) is 0 Å². The molecule has 8 nitrogen and oxygen atoms in total. The molecule has 2 amide bonds. The van der Waals surface area contributed by atoms with E-state index in [0.717, 1.165) is 32.5 Å². The molecule has 200 valence electrons. The average Bonchev–Trinajstić information content (AvgIpc) is 2.91. The highest BCUT2D eigenvalue weighted by atomic mass is 16.5. The maximum absolute atomic E-state index is 13.6. The molecule has 2 aromatic rings. The Morgan fingerprint density at radius 2 is 1.92 bits per heavy atom. The smallest absolute Gasteiger partial charge is 0.258 e. The van der Waals surface area contributed by atoms with E-state index >= 15 is 0 Å². The van der Waals surface area contributed by atoms with Crippen molar-refractivity contribution < 1.29 is 19.4 Å². The predicted molar refractivity (Wildman–Crippen MR) is 145 cm³/mol. The maximum Gasteiger partial charge on any atom is 0.258 e. The van der Waals surface area contributed by atoms with Gasteiger partial charge in [0.05, 0.1) is 23.9 Å². The van der Waals surface area contributed by atoms with Crippen molar-refractivity contribution in [2.45, 2.75) is 45.4 Å². The van der Waals surface area contributed by atoms with Crippen LogP contribution in [0.15, 0.2) is 48.5 Å². The summed E-state index contributed by atoms with van der Waals surface area (Å²) >= 11 is 0. The molecule has 3 N–H and O–H groups in total. The van der Waals surface area contributed by atoms with Gasteiger partial charge in [0.1, 0.15) is 6.10 Å². The predicted octanol–water partition coefficient (Wildman–Crippen LogP) is 2.98. The number of nitrogens with zero attached hydrogens (tertiary/aromatic N) is 2. The first-order chi connectivity index (χ1) is 17.9. The van der Waals surface area contributed by atoms with E-state index in [9.17, 15) is 14.7 Å². The third-order valence-electron chi connectivity index (χ3n) is 7.45. The lowest BCUT2D eigenvalue weighted by molar-refractivity contribution is -0.120. The van der Waals surface area contributed by atoms with Gasteiger partial charge >= 0.3 is 0 Å². The zero-order chi connectivity index (χ0) is 26.4. The molecule has 2 aliphatic heterocycles. The number of aliphatic hydroxyl groups excluding tert-OH is 1. The van der Waals surface area contributed by atoms with E-state index in [1.54, 1.807) is 17.0 Å². The van der Waals surface area contributed by atoms with Crippen LogP contribution in [-0.4, -0.2) is 78.7 Å². The van der Waals surface area contributed by atoms with Gasteiger partial charge in [0.15, 0.2) is 5.75 Å². The summed E-state index contributed by atoms with van der Waals surface area (Å²) in [5, 5.41) is 16.3. The average molecular weight is 509 g/mol. The van der Waals surface area contributed by atoms with E-state index in [1.807, 2.05) is 31.2 Å². The monoisotopic (exact) mass is 508 g/mol. The lowest BCUT2D eigenvalue weighted by Crippen LogP contribution is -2.49. The number of benzene rings is 2. The molecule has 0 aromatic heterocycles. The Morgan fingerprint density at radius 3 is 2.62 bits per heavy atom. The Hall–Kier alpha value is -2.94. The molecule has 2 aromatic carbocycles. The number of hydrogen-bond acceptors (Lipinski definition) is 6. The molecule has 2 aliphatic rings. The number of piperidine rings is 1. The third-order valence-corrected chi connectivity index (χ3v) is 7.45. The Balaban J connectivity index is 1.63. The SMILES string of the molecule is C[C@@H]1CN([C@H](C)CO)C(=O)c2cccc(NC(=O)C3CCNCC3)c2O[C@H]1CN(C)Cc1ccccc1. The zero-order valence-electron chi connectivity index (χ0n) is 22.2. The highest BCUT2D eigenvalue weighted by Crippen LogP contribution is 2.35. The number of carbonyl (C=O) groups is 2. The van der Waals surface area contributed by atoms with Gasteiger partial charge in [-0.15, -0.1) is 0 Å². The van der Waals surface area contributed by atoms with E-state index in [4.69, 9.17) is 4.74 Å². The number of carbonyl (C=O) groups excluding carboxylic acids is 2. The number of aliphatic hydroxyl groups is 1. The Morgan fingerprint density at radius 1 is 1.19 bits per heavy atom. The van der Waals surface area contributed by atoms with E-state index in [-0.39, 0.29) is 42.4 Å². The summed E-state index contributed by atoms with van der Waals surface area (Å²) < 4.78 is 6.63. The van der Waals surface area contributed by atoms with Gasteiger partial charge in [-0.05, 0) is 57.6 Å². The number of fused-ring (bicyclic) bond motifs is 1. The third kappa shape index (κ3) is 6.69. The number of rotatable bonds is 8. The second-order valence-corrected chi connectivity index (χ2v) is 10.5. The lowest BCUT2D eigenvalue weighted by Gasteiger charge is -2.38. The summed E-state index contributed by atoms with van der Waals surface area (Å²) in [5.41, 5.74) is 2.14. The van der Waals surface area contributed by atoms with E-state index in [2.05, 4.69) is 41.6 Å². The quantitative estimate of drug-likeness (QED) is 0.508. The molecule has 1 saturated heterocycles. The number of anilines is 1. The Kier molecular flexibility index (Phi) is 9.18. The van der Waals surface area contributed by atoms with Crippen molar-refractivity contribution in [2.24, 2.45) is 11.8 Å². The zero-order valence-corrected chi connectivity index (χ0v) is 22.2.